The first-order valence-corrected chi connectivity index (χ1v) is 9.71. The minimum Gasteiger partial charge on any atom is -0.372 e. The molecule has 2 N–H and O–H groups in total. The third-order valence-corrected chi connectivity index (χ3v) is 4.88. The zero-order valence-corrected chi connectivity index (χ0v) is 15.9. The molecular weight excluding hydrogens is 369 g/mol. The van der Waals surface area contributed by atoms with Crippen LogP contribution in [0.15, 0.2) is 60.7 Å². The molecule has 0 saturated carbocycles. The van der Waals surface area contributed by atoms with E-state index in [4.69, 9.17) is 0 Å². The Morgan fingerprint density at radius 3 is 2.34 bits per heavy atom. The van der Waals surface area contributed by atoms with Crippen molar-refractivity contribution in [2.75, 3.05) is 28.6 Å². The van der Waals surface area contributed by atoms with Crippen molar-refractivity contribution in [2.45, 2.75) is 19.3 Å². The third kappa shape index (κ3) is 4.68. The van der Waals surface area contributed by atoms with Crippen molar-refractivity contribution in [1.29, 1.82) is 0 Å². The number of carbonyl (C=O) groups excluding carboxylic acids is 1. The van der Waals surface area contributed by atoms with Gasteiger partial charge < -0.3 is 15.5 Å². The van der Waals surface area contributed by atoms with Crippen LogP contribution in [0.3, 0.4) is 0 Å². The summed E-state index contributed by atoms with van der Waals surface area (Å²) in [6.45, 7) is 2.21. The summed E-state index contributed by atoms with van der Waals surface area (Å²) >= 11 is 0. The van der Waals surface area contributed by atoms with E-state index < -0.39 is 11.7 Å². The molecule has 0 radical (unpaired) electrons. The Bertz CT molecular complexity index is 969. The van der Waals surface area contributed by atoms with E-state index in [9.17, 15) is 9.18 Å². The quantitative estimate of drug-likeness (QED) is 0.665. The van der Waals surface area contributed by atoms with Crippen LogP contribution in [0.25, 0.3) is 0 Å². The lowest BCUT2D eigenvalue weighted by Gasteiger charge is -2.28. The van der Waals surface area contributed by atoms with E-state index in [2.05, 4.69) is 37.9 Å². The molecular formula is C22H22FN5O. The summed E-state index contributed by atoms with van der Waals surface area (Å²) in [6, 6.07) is 17.4. The van der Waals surface area contributed by atoms with Crippen molar-refractivity contribution in [3.8, 4) is 0 Å². The first kappa shape index (κ1) is 18.9. The maximum absolute atomic E-state index is 13.7. The molecule has 6 nitrogen and oxygen atoms in total. The topological polar surface area (TPSA) is 70.2 Å². The van der Waals surface area contributed by atoms with Gasteiger partial charge in [-0.05, 0) is 67.8 Å². The van der Waals surface area contributed by atoms with Crippen LogP contribution in [0, 0.1) is 5.82 Å². The minimum absolute atomic E-state index is 0.107. The van der Waals surface area contributed by atoms with Gasteiger partial charge in [0.05, 0.1) is 5.69 Å². The van der Waals surface area contributed by atoms with Gasteiger partial charge in [-0.1, -0.05) is 12.1 Å². The average Bonchev–Trinajstić information content (AvgIpc) is 2.77. The van der Waals surface area contributed by atoms with Crippen LogP contribution in [0.1, 0.15) is 29.8 Å². The summed E-state index contributed by atoms with van der Waals surface area (Å²) < 4.78 is 13.7. The van der Waals surface area contributed by atoms with Crippen molar-refractivity contribution in [1.82, 2.24) is 10.2 Å². The van der Waals surface area contributed by atoms with E-state index >= 15 is 0 Å². The number of hydrogen-bond donors (Lipinski definition) is 2. The number of para-hydroxylation sites is 1. The van der Waals surface area contributed by atoms with E-state index in [0.29, 0.717) is 5.82 Å². The number of anilines is 4. The Hall–Kier alpha value is -3.48. The number of nitrogens with zero attached hydrogens (tertiary/aromatic N) is 3. The maximum atomic E-state index is 13.7. The molecule has 148 valence electrons. The Morgan fingerprint density at radius 1 is 0.897 bits per heavy atom. The van der Waals surface area contributed by atoms with Crippen LogP contribution in [-0.2, 0) is 0 Å². The summed E-state index contributed by atoms with van der Waals surface area (Å²) in [4.78, 5) is 14.6. The molecule has 0 atom stereocenters. The molecule has 0 aliphatic carbocycles. The largest absolute Gasteiger partial charge is 0.372 e. The lowest BCUT2D eigenvalue weighted by Crippen LogP contribution is -2.29. The second-order valence-electron chi connectivity index (χ2n) is 6.96. The van der Waals surface area contributed by atoms with Crippen molar-refractivity contribution in [3.05, 3.63) is 72.2 Å². The number of amides is 1. The molecule has 1 aromatic heterocycles. The van der Waals surface area contributed by atoms with Gasteiger partial charge >= 0.3 is 0 Å². The van der Waals surface area contributed by atoms with Crippen LogP contribution in [0.4, 0.5) is 27.3 Å². The molecule has 1 aliphatic heterocycles. The fourth-order valence-electron chi connectivity index (χ4n) is 3.32. The number of halogens is 1. The number of benzene rings is 2. The second kappa shape index (κ2) is 8.68. The molecule has 2 aromatic carbocycles. The first-order chi connectivity index (χ1) is 14.2. The molecule has 4 rings (SSSR count). The minimum atomic E-state index is -0.514. The number of nitrogens with one attached hydrogen (secondary N) is 2. The highest BCUT2D eigenvalue weighted by atomic mass is 19.1. The zero-order chi connectivity index (χ0) is 20.1. The Labute approximate surface area is 168 Å². The summed E-state index contributed by atoms with van der Waals surface area (Å²) in [5.41, 5.74) is 2.33. The van der Waals surface area contributed by atoms with E-state index in [1.54, 1.807) is 24.3 Å². The Kier molecular flexibility index (Phi) is 5.65. The Balaban J connectivity index is 1.38. The number of piperidine rings is 1. The zero-order valence-electron chi connectivity index (χ0n) is 15.9. The predicted molar refractivity (Wildman–Crippen MR) is 112 cm³/mol. The molecule has 0 spiro atoms. The Morgan fingerprint density at radius 2 is 1.66 bits per heavy atom. The molecule has 1 amide bonds. The first-order valence-electron chi connectivity index (χ1n) is 9.71. The molecule has 3 aromatic rings. The smallest absolute Gasteiger partial charge is 0.276 e. The van der Waals surface area contributed by atoms with Gasteiger partial charge in [-0.25, -0.2) is 4.39 Å². The lowest BCUT2D eigenvalue weighted by molar-refractivity contribution is 0.102. The maximum Gasteiger partial charge on any atom is 0.276 e. The molecule has 7 heteroatoms. The number of carbonyl (C=O) groups is 1. The highest BCUT2D eigenvalue weighted by Crippen LogP contribution is 2.23. The number of hydrogen-bond acceptors (Lipinski definition) is 5. The molecule has 2 heterocycles. The molecule has 29 heavy (non-hydrogen) atoms. The van der Waals surface area contributed by atoms with Crippen molar-refractivity contribution in [2.24, 2.45) is 0 Å². The third-order valence-electron chi connectivity index (χ3n) is 4.88. The second-order valence-corrected chi connectivity index (χ2v) is 6.96. The van der Waals surface area contributed by atoms with Gasteiger partial charge in [0, 0.05) is 24.5 Å². The lowest BCUT2D eigenvalue weighted by atomic mass is 10.1. The summed E-state index contributed by atoms with van der Waals surface area (Å²) in [6.07, 6.45) is 3.79. The van der Waals surface area contributed by atoms with E-state index in [0.717, 1.165) is 18.8 Å². The molecule has 1 saturated heterocycles. The highest BCUT2D eigenvalue weighted by molar-refractivity contribution is 6.02. The van der Waals surface area contributed by atoms with Crippen LogP contribution < -0.4 is 15.5 Å². The van der Waals surface area contributed by atoms with Crippen LogP contribution >= 0.6 is 0 Å². The highest BCUT2D eigenvalue weighted by Gasteiger charge is 2.12. The molecule has 1 fully saturated rings. The number of rotatable bonds is 5. The fraction of sp³-hybridized carbons (Fsp3) is 0.227. The summed E-state index contributed by atoms with van der Waals surface area (Å²) in [5.74, 6) is -0.488. The predicted octanol–water partition coefficient (Wildman–Crippen LogP) is 4.60. The SMILES string of the molecule is O=C(Nc1ccccc1F)c1ccc(Nc2ccc(N3CCCCC3)cc2)nn1. The van der Waals surface area contributed by atoms with Crippen molar-refractivity contribution in [3.63, 3.8) is 0 Å². The van der Waals surface area contributed by atoms with E-state index in [1.807, 2.05) is 12.1 Å². The number of aromatic nitrogens is 2. The molecule has 1 aliphatic rings. The van der Waals surface area contributed by atoms with Crippen LogP contribution in [0.5, 0.6) is 0 Å². The van der Waals surface area contributed by atoms with Gasteiger partial charge in [0.1, 0.15) is 5.82 Å². The van der Waals surface area contributed by atoms with Crippen LogP contribution in [-0.4, -0.2) is 29.2 Å². The van der Waals surface area contributed by atoms with Gasteiger partial charge in [-0.3, -0.25) is 4.79 Å². The molecule has 0 unspecified atom stereocenters. The molecule has 0 bridgehead atoms. The average molecular weight is 391 g/mol. The van der Waals surface area contributed by atoms with E-state index in [-0.39, 0.29) is 11.4 Å². The summed E-state index contributed by atoms with van der Waals surface area (Å²) in [7, 11) is 0. The monoisotopic (exact) mass is 391 g/mol. The van der Waals surface area contributed by atoms with Crippen molar-refractivity contribution >= 4 is 28.8 Å². The summed E-state index contributed by atoms with van der Waals surface area (Å²) in [5, 5.41) is 13.6. The standard InChI is InChI=1S/C22H22FN5O/c23-18-6-2-3-7-19(18)25-22(29)20-12-13-21(27-26-20)24-16-8-10-17(11-9-16)28-14-4-1-5-15-28/h2-3,6-13H,1,4-5,14-15H2,(H,24,27)(H,25,29). The van der Waals surface area contributed by atoms with Crippen molar-refractivity contribution < 1.29 is 9.18 Å². The van der Waals surface area contributed by atoms with E-state index in [1.165, 1.54) is 37.1 Å². The normalized spacial score (nSPS) is 13.8. The van der Waals surface area contributed by atoms with Gasteiger partial charge in [-0.15, -0.1) is 10.2 Å². The fourth-order valence-corrected chi connectivity index (χ4v) is 3.32. The van der Waals surface area contributed by atoms with Gasteiger partial charge in [-0.2, -0.15) is 0 Å². The van der Waals surface area contributed by atoms with Gasteiger partial charge in [0.2, 0.25) is 0 Å². The van der Waals surface area contributed by atoms with Gasteiger partial charge in [0.25, 0.3) is 5.91 Å². The van der Waals surface area contributed by atoms with Crippen LogP contribution in [0.2, 0.25) is 0 Å². The van der Waals surface area contributed by atoms with Gasteiger partial charge in [0.15, 0.2) is 11.5 Å².